The number of carbonyl (C=O) groups excluding carboxylic acids is 3. The number of carbonyl (C=O) groups is 3. The van der Waals surface area contributed by atoms with Gasteiger partial charge in [-0.2, -0.15) is 5.10 Å². The van der Waals surface area contributed by atoms with Crippen LogP contribution in [0.1, 0.15) is 28.4 Å². The van der Waals surface area contributed by atoms with Gasteiger partial charge in [-0.15, -0.1) is 0 Å². The van der Waals surface area contributed by atoms with E-state index in [2.05, 4.69) is 15.8 Å². The van der Waals surface area contributed by atoms with Gasteiger partial charge in [-0.25, -0.2) is 10.2 Å². The van der Waals surface area contributed by atoms with Gasteiger partial charge in [0.1, 0.15) is 0 Å². The lowest BCUT2D eigenvalue weighted by Gasteiger charge is -2.11. The number of halogens is 2. The standard InChI is InChI=1S/C25H21Cl2N3O5/c1-14-19(27)8-5-9-20(14)28-23(31)24(32)30-29-15(2)16-10-11-21(22(13-16)34-3)35-25(33)17-6-4-7-18(26)12-17/h4-13H,1-3H3,(H,28,31)(H,30,32)/b29-15+. The van der Waals surface area contributed by atoms with E-state index in [0.29, 0.717) is 32.6 Å². The monoisotopic (exact) mass is 513 g/mol. The first-order chi connectivity index (χ1) is 16.7. The molecular formula is C25H21Cl2N3O5. The van der Waals surface area contributed by atoms with E-state index in [4.69, 9.17) is 32.7 Å². The van der Waals surface area contributed by atoms with E-state index in [1.54, 1.807) is 62.4 Å². The summed E-state index contributed by atoms with van der Waals surface area (Å²) in [5, 5.41) is 7.34. The fourth-order valence-corrected chi connectivity index (χ4v) is 3.29. The molecule has 0 unspecified atom stereocenters. The van der Waals surface area contributed by atoms with E-state index in [1.807, 2.05) is 0 Å². The Kier molecular flexibility index (Phi) is 8.46. The fraction of sp³-hybridized carbons (Fsp3) is 0.120. The molecule has 0 atom stereocenters. The van der Waals surface area contributed by atoms with Gasteiger partial charge in [-0.05, 0) is 67.9 Å². The molecule has 3 aromatic rings. The van der Waals surface area contributed by atoms with Crippen LogP contribution < -0.4 is 20.2 Å². The number of hydrazone groups is 1. The third-order valence-electron chi connectivity index (χ3n) is 4.89. The number of anilines is 1. The second kappa shape index (κ2) is 11.5. The van der Waals surface area contributed by atoms with Crippen LogP contribution in [-0.4, -0.2) is 30.6 Å². The molecule has 0 spiro atoms. The Morgan fingerprint density at radius 2 is 1.63 bits per heavy atom. The summed E-state index contributed by atoms with van der Waals surface area (Å²) in [6.45, 7) is 3.35. The molecule has 180 valence electrons. The maximum Gasteiger partial charge on any atom is 0.343 e. The minimum absolute atomic E-state index is 0.189. The van der Waals surface area contributed by atoms with E-state index in [9.17, 15) is 14.4 Å². The fourth-order valence-electron chi connectivity index (χ4n) is 2.92. The van der Waals surface area contributed by atoms with Gasteiger partial charge in [0.2, 0.25) is 0 Å². The van der Waals surface area contributed by atoms with Crippen LogP contribution in [0.5, 0.6) is 11.5 Å². The molecule has 0 aliphatic rings. The zero-order valence-electron chi connectivity index (χ0n) is 19.0. The van der Waals surface area contributed by atoms with Gasteiger partial charge in [0, 0.05) is 21.3 Å². The molecule has 0 fully saturated rings. The van der Waals surface area contributed by atoms with Crippen LogP contribution in [-0.2, 0) is 9.59 Å². The van der Waals surface area contributed by atoms with Crippen LogP contribution in [0, 0.1) is 6.92 Å². The second-order valence-corrected chi connectivity index (χ2v) is 8.11. The van der Waals surface area contributed by atoms with Crippen LogP contribution in [0.15, 0.2) is 65.8 Å². The number of amides is 2. The van der Waals surface area contributed by atoms with Gasteiger partial charge in [0.15, 0.2) is 11.5 Å². The minimum Gasteiger partial charge on any atom is -0.493 e. The third-order valence-corrected chi connectivity index (χ3v) is 5.54. The third kappa shape index (κ3) is 6.59. The Balaban J connectivity index is 1.68. The van der Waals surface area contributed by atoms with Crippen molar-refractivity contribution in [3.63, 3.8) is 0 Å². The van der Waals surface area contributed by atoms with Gasteiger partial charge in [0.25, 0.3) is 0 Å². The second-order valence-electron chi connectivity index (χ2n) is 7.27. The molecule has 3 rings (SSSR count). The summed E-state index contributed by atoms with van der Waals surface area (Å²) in [6.07, 6.45) is 0. The predicted molar refractivity (Wildman–Crippen MR) is 135 cm³/mol. The highest BCUT2D eigenvalue weighted by atomic mass is 35.5. The van der Waals surface area contributed by atoms with Crippen molar-refractivity contribution >= 4 is 52.4 Å². The lowest BCUT2D eigenvalue weighted by molar-refractivity contribution is -0.136. The number of rotatable bonds is 6. The van der Waals surface area contributed by atoms with Gasteiger partial charge in [-0.3, -0.25) is 9.59 Å². The number of methoxy groups -OCH3 is 1. The number of ether oxygens (including phenoxy) is 2. The van der Waals surface area contributed by atoms with E-state index in [1.165, 1.54) is 19.2 Å². The molecule has 0 radical (unpaired) electrons. The van der Waals surface area contributed by atoms with Crippen molar-refractivity contribution in [3.8, 4) is 11.5 Å². The molecule has 0 aliphatic carbocycles. The largest absolute Gasteiger partial charge is 0.493 e. The van der Waals surface area contributed by atoms with E-state index in [0.717, 1.165) is 0 Å². The van der Waals surface area contributed by atoms with Crippen LogP contribution in [0.25, 0.3) is 0 Å². The number of nitrogens with zero attached hydrogens (tertiary/aromatic N) is 1. The molecule has 0 aromatic heterocycles. The number of hydrogen-bond acceptors (Lipinski definition) is 6. The first-order valence-electron chi connectivity index (χ1n) is 10.3. The summed E-state index contributed by atoms with van der Waals surface area (Å²) in [7, 11) is 1.42. The Morgan fingerprint density at radius 1 is 0.886 bits per heavy atom. The zero-order valence-corrected chi connectivity index (χ0v) is 20.5. The normalized spacial score (nSPS) is 10.9. The van der Waals surface area contributed by atoms with Crippen LogP contribution in [0.2, 0.25) is 10.0 Å². The summed E-state index contributed by atoms with van der Waals surface area (Å²) in [5.41, 5.74) is 4.51. The molecule has 35 heavy (non-hydrogen) atoms. The van der Waals surface area contributed by atoms with Crippen molar-refractivity contribution in [1.29, 1.82) is 0 Å². The minimum atomic E-state index is -0.956. The van der Waals surface area contributed by atoms with Gasteiger partial charge >= 0.3 is 17.8 Å². The highest BCUT2D eigenvalue weighted by molar-refractivity contribution is 6.40. The van der Waals surface area contributed by atoms with E-state index < -0.39 is 17.8 Å². The first kappa shape index (κ1) is 25.7. The highest BCUT2D eigenvalue weighted by Crippen LogP contribution is 2.29. The van der Waals surface area contributed by atoms with Crippen molar-refractivity contribution in [2.75, 3.05) is 12.4 Å². The molecule has 0 heterocycles. The Morgan fingerprint density at radius 3 is 2.34 bits per heavy atom. The van der Waals surface area contributed by atoms with Crippen molar-refractivity contribution in [2.45, 2.75) is 13.8 Å². The van der Waals surface area contributed by atoms with Crippen molar-refractivity contribution in [1.82, 2.24) is 5.43 Å². The summed E-state index contributed by atoms with van der Waals surface area (Å²) in [4.78, 5) is 36.8. The molecule has 8 nitrogen and oxygen atoms in total. The molecule has 0 saturated heterocycles. The number of hydrogen-bond donors (Lipinski definition) is 2. The predicted octanol–water partition coefficient (Wildman–Crippen LogP) is 5.01. The highest BCUT2D eigenvalue weighted by Gasteiger charge is 2.16. The maximum absolute atomic E-state index is 12.4. The summed E-state index contributed by atoms with van der Waals surface area (Å²) < 4.78 is 10.7. The summed E-state index contributed by atoms with van der Waals surface area (Å²) in [6, 6.07) is 16.1. The number of esters is 1. The number of benzene rings is 3. The molecular weight excluding hydrogens is 493 g/mol. The van der Waals surface area contributed by atoms with Crippen LogP contribution >= 0.6 is 23.2 Å². The van der Waals surface area contributed by atoms with Crippen molar-refractivity contribution in [3.05, 3.63) is 87.4 Å². The topological polar surface area (TPSA) is 106 Å². The van der Waals surface area contributed by atoms with Crippen molar-refractivity contribution < 1.29 is 23.9 Å². The Hall–Kier alpha value is -3.88. The van der Waals surface area contributed by atoms with Gasteiger partial charge in [-0.1, -0.05) is 35.3 Å². The lowest BCUT2D eigenvalue weighted by atomic mass is 10.1. The zero-order chi connectivity index (χ0) is 25.5. The Labute approximate surface area is 211 Å². The molecule has 0 aliphatic heterocycles. The average Bonchev–Trinajstić information content (AvgIpc) is 2.85. The molecule has 10 heteroatoms. The summed E-state index contributed by atoms with van der Waals surface area (Å²) in [5.74, 6) is -1.99. The molecule has 0 bridgehead atoms. The smallest absolute Gasteiger partial charge is 0.343 e. The lowest BCUT2D eigenvalue weighted by Crippen LogP contribution is -2.33. The number of nitrogens with one attached hydrogen (secondary N) is 2. The quantitative estimate of drug-likeness (QED) is 0.158. The summed E-state index contributed by atoms with van der Waals surface area (Å²) >= 11 is 12.0. The SMILES string of the molecule is COc1cc(/C(C)=N/NC(=O)C(=O)Nc2cccc(Cl)c2C)ccc1OC(=O)c1cccc(Cl)c1. The Bertz CT molecular complexity index is 1320. The molecule has 3 aromatic carbocycles. The molecule has 2 N–H and O–H groups in total. The average molecular weight is 514 g/mol. The van der Waals surface area contributed by atoms with Crippen LogP contribution in [0.3, 0.4) is 0 Å². The van der Waals surface area contributed by atoms with Crippen LogP contribution in [0.4, 0.5) is 5.69 Å². The maximum atomic E-state index is 12.4. The molecule has 2 amide bonds. The molecule has 0 saturated carbocycles. The van der Waals surface area contributed by atoms with Gasteiger partial charge in [0.05, 0.1) is 18.4 Å². The van der Waals surface area contributed by atoms with E-state index >= 15 is 0 Å². The van der Waals surface area contributed by atoms with E-state index in [-0.39, 0.29) is 17.1 Å². The first-order valence-corrected chi connectivity index (χ1v) is 11.0. The van der Waals surface area contributed by atoms with Gasteiger partial charge < -0.3 is 14.8 Å². The van der Waals surface area contributed by atoms with Crippen molar-refractivity contribution in [2.24, 2.45) is 5.10 Å².